The lowest BCUT2D eigenvalue weighted by Crippen LogP contribution is -2.30. The highest BCUT2D eigenvalue weighted by Crippen LogP contribution is 2.24. The van der Waals surface area contributed by atoms with E-state index in [2.05, 4.69) is 17.4 Å². The SMILES string of the molecule is CCN(CC)S(=O)(=O)c1ccc2c(c1)cc(C(=O)NCCCc1ccccc1)n2C. The van der Waals surface area contributed by atoms with Crippen molar-refractivity contribution in [1.82, 2.24) is 14.2 Å². The summed E-state index contributed by atoms with van der Waals surface area (Å²) in [7, 11) is -1.72. The summed E-state index contributed by atoms with van der Waals surface area (Å²) < 4.78 is 28.8. The number of hydrogen-bond donors (Lipinski definition) is 1. The van der Waals surface area contributed by atoms with Gasteiger partial charge in [-0.1, -0.05) is 44.2 Å². The van der Waals surface area contributed by atoms with E-state index in [0.717, 1.165) is 23.7 Å². The quantitative estimate of drug-likeness (QED) is 0.531. The molecule has 1 heterocycles. The smallest absolute Gasteiger partial charge is 0.267 e. The average Bonchev–Trinajstić information content (AvgIpc) is 3.08. The number of benzene rings is 2. The second-order valence-corrected chi connectivity index (χ2v) is 9.18. The Bertz CT molecular complexity index is 1120. The maximum atomic E-state index is 12.8. The van der Waals surface area contributed by atoms with Gasteiger partial charge in [-0.15, -0.1) is 0 Å². The van der Waals surface area contributed by atoms with E-state index in [1.165, 1.54) is 9.87 Å². The van der Waals surface area contributed by atoms with Gasteiger partial charge >= 0.3 is 0 Å². The van der Waals surface area contributed by atoms with Gasteiger partial charge in [-0.3, -0.25) is 4.79 Å². The van der Waals surface area contributed by atoms with Crippen molar-refractivity contribution in [2.75, 3.05) is 19.6 Å². The van der Waals surface area contributed by atoms with Crippen molar-refractivity contribution in [1.29, 1.82) is 0 Å². The predicted octanol–water partition coefficient (Wildman–Crippen LogP) is 3.57. The van der Waals surface area contributed by atoms with Gasteiger partial charge in [0, 0.05) is 37.6 Å². The molecular formula is C23H29N3O3S. The number of rotatable bonds is 9. The van der Waals surface area contributed by atoms with Gasteiger partial charge in [-0.05, 0) is 42.7 Å². The molecule has 160 valence electrons. The Hall–Kier alpha value is -2.64. The number of hydrogen-bond acceptors (Lipinski definition) is 3. The first-order valence-corrected chi connectivity index (χ1v) is 11.7. The van der Waals surface area contributed by atoms with Crippen LogP contribution in [-0.2, 0) is 23.5 Å². The molecule has 0 aliphatic rings. The van der Waals surface area contributed by atoms with E-state index in [9.17, 15) is 13.2 Å². The Balaban J connectivity index is 1.73. The molecule has 0 aliphatic heterocycles. The number of aryl methyl sites for hydroxylation is 2. The van der Waals surface area contributed by atoms with Crippen LogP contribution in [0, 0.1) is 0 Å². The Morgan fingerprint density at radius 1 is 1.03 bits per heavy atom. The molecule has 0 spiro atoms. The van der Waals surface area contributed by atoms with Gasteiger partial charge in [0.05, 0.1) is 4.90 Å². The predicted molar refractivity (Wildman–Crippen MR) is 120 cm³/mol. The highest BCUT2D eigenvalue weighted by molar-refractivity contribution is 7.89. The van der Waals surface area contributed by atoms with Crippen LogP contribution in [-0.4, -0.2) is 42.8 Å². The second-order valence-electron chi connectivity index (χ2n) is 7.24. The van der Waals surface area contributed by atoms with Crippen molar-refractivity contribution in [3.8, 4) is 0 Å². The molecule has 0 atom stereocenters. The minimum atomic E-state index is -3.54. The molecule has 1 N–H and O–H groups in total. The third-order valence-electron chi connectivity index (χ3n) is 5.36. The molecule has 3 rings (SSSR count). The summed E-state index contributed by atoms with van der Waals surface area (Å²) in [6.07, 6.45) is 1.76. The van der Waals surface area contributed by atoms with Crippen LogP contribution in [0.4, 0.5) is 0 Å². The Labute approximate surface area is 178 Å². The lowest BCUT2D eigenvalue weighted by atomic mass is 10.1. The number of nitrogens with one attached hydrogen (secondary N) is 1. The van der Waals surface area contributed by atoms with Gasteiger partial charge in [0.25, 0.3) is 5.91 Å². The van der Waals surface area contributed by atoms with Gasteiger partial charge < -0.3 is 9.88 Å². The molecule has 0 aliphatic carbocycles. The highest BCUT2D eigenvalue weighted by Gasteiger charge is 2.23. The topological polar surface area (TPSA) is 71.4 Å². The fourth-order valence-electron chi connectivity index (χ4n) is 3.65. The Kier molecular flexibility index (Phi) is 6.95. The van der Waals surface area contributed by atoms with Gasteiger partial charge in [-0.25, -0.2) is 8.42 Å². The number of nitrogens with zero attached hydrogens (tertiary/aromatic N) is 2. The first-order valence-electron chi connectivity index (χ1n) is 10.3. The van der Waals surface area contributed by atoms with Crippen LogP contribution in [0.2, 0.25) is 0 Å². The summed E-state index contributed by atoms with van der Waals surface area (Å²) in [5.74, 6) is -0.157. The van der Waals surface area contributed by atoms with E-state index in [-0.39, 0.29) is 10.8 Å². The van der Waals surface area contributed by atoms with Crippen molar-refractivity contribution in [2.24, 2.45) is 7.05 Å². The number of amides is 1. The number of carbonyl (C=O) groups excluding carboxylic acids is 1. The van der Waals surface area contributed by atoms with E-state index in [1.54, 1.807) is 28.8 Å². The summed E-state index contributed by atoms with van der Waals surface area (Å²) in [5, 5.41) is 3.70. The fraction of sp³-hybridized carbons (Fsp3) is 0.348. The minimum Gasteiger partial charge on any atom is -0.351 e. The van der Waals surface area contributed by atoms with E-state index >= 15 is 0 Å². The molecule has 0 unspecified atom stereocenters. The van der Waals surface area contributed by atoms with Crippen LogP contribution in [0.15, 0.2) is 59.5 Å². The van der Waals surface area contributed by atoms with E-state index < -0.39 is 10.0 Å². The zero-order valence-electron chi connectivity index (χ0n) is 17.8. The maximum Gasteiger partial charge on any atom is 0.267 e. The number of fused-ring (bicyclic) bond motifs is 1. The fourth-order valence-corrected chi connectivity index (χ4v) is 5.14. The lowest BCUT2D eigenvalue weighted by Gasteiger charge is -2.18. The summed E-state index contributed by atoms with van der Waals surface area (Å²) >= 11 is 0. The summed E-state index contributed by atoms with van der Waals surface area (Å²) in [5.41, 5.74) is 2.59. The maximum absolute atomic E-state index is 12.8. The van der Waals surface area contributed by atoms with Crippen molar-refractivity contribution in [3.63, 3.8) is 0 Å². The van der Waals surface area contributed by atoms with Gasteiger partial charge in [0.15, 0.2) is 0 Å². The number of aromatic nitrogens is 1. The molecule has 0 saturated carbocycles. The van der Waals surface area contributed by atoms with E-state index in [0.29, 0.717) is 25.3 Å². The van der Waals surface area contributed by atoms with Crippen LogP contribution in [0.3, 0.4) is 0 Å². The van der Waals surface area contributed by atoms with Crippen LogP contribution >= 0.6 is 0 Å². The molecule has 1 aromatic heterocycles. The van der Waals surface area contributed by atoms with Gasteiger partial charge in [-0.2, -0.15) is 4.31 Å². The van der Waals surface area contributed by atoms with Crippen molar-refractivity contribution in [3.05, 3.63) is 65.9 Å². The third kappa shape index (κ3) is 4.57. The molecule has 7 heteroatoms. The zero-order chi connectivity index (χ0) is 21.7. The highest BCUT2D eigenvalue weighted by atomic mass is 32.2. The molecule has 6 nitrogen and oxygen atoms in total. The average molecular weight is 428 g/mol. The summed E-state index contributed by atoms with van der Waals surface area (Å²) in [6, 6.07) is 16.9. The number of carbonyl (C=O) groups is 1. The first-order chi connectivity index (χ1) is 14.4. The Morgan fingerprint density at radius 2 is 1.73 bits per heavy atom. The van der Waals surface area contributed by atoms with Crippen molar-refractivity contribution >= 4 is 26.8 Å². The standard InChI is InChI=1S/C23H29N3O3S/c1-4-26(5-2)30(28,29)20-13-14-21-19(16-20)17-22(25(21)3)23(27)24-15-9-12-18-10-7-6-8-11-18/h6-8,10-11,13-14,16-17H,4-5,9,12,15H2,1-3H3,(H,24,27). The monoisotopic (exact) mass is 427 g/mol. The molecule has 1 amide bonds. The van der Waals surface area contributed by atoms with Crippen LogP contribution in [0.25, 0.3) is 10.9 Å². The van der Waals surface area contributed by atoms with Crippen LogP contribution in [0.5, 0.6) is 0 Å². The zero-order valence-corrected chi connectivity index (χ0v) is 18.6. The van der Waals surface area contributed by atoms with Crippen LogP contribution < -0.4 is 5.32 Å². The van der Waals surface area contributed by atoms with Crippen molar-refractivity contribution in [2.45, 2.75) is 31.6 Å². The molecule has 30 heavy (non-hydrogen) atoms. The molecule has 0 saturated heterocycles. The van der Waals surface area contributed by atoms with Crippen LogP contribution in [0.1, 0.15) is 36.3 Å². The molecular weight excluding hydrogens is 398 g/mol. The molecule has 0 bridgehead atoms. The molecule has 2 aromatic carbocycles. The second kappa shape index (κ2) is 9.45. The van der Waals surface area contributed by atoms with E-state index in [4.69, 9.17) is 0 Å². The van der Waals surface area contributed by atoms with Crippen molar-refractivity contribution < 1.29 is 13.2 Å². The minimum absolute atomic E-state index is 0.157. The van der Waals surface area contributed by atoms with Gasteiger partial charge in [0.2, 0.25) is 10.0 Å². The molecule has 3 aromatic rings. The lowest BCUT2D eigenvalue weighted by molar-refractivity contribution is 0.0945. The Morgan fingerprint density at radius 3 is 2.40 bits per heavy atom. The summed E-state index contributed by atoms with van der Waals surface area (Å²) in [4.78, 5) is 12.9. The summed E-state index contributed by atoms with van der Waals surface area (Å²) in [6.45, 7) is 5.06. The normalized spacial score (nSPS) is 11.9. The first kappa shape index (κ1) is 22.1. The largest absolute Gasteiger partial charge is 0.351 e. The molecule has 0 radical (unpaired) electrons. The van der Waals surface area contributed by atoms with E-state index in [1.807, 2.05) is 39.1 Å². The third-order valence-corrected chi connectivity index (χ3v) is 7.41. The van der Waals surface area contributed by atoms with Gasteiger partial charge in [0.1, 0.15) is 5.69 Å². The number of sulfonamides is 1. The molecule has 0 fully saturated rings.